The van der Waals surface area contributed by atoms with E-state index in [4.69, 9.17) is 4.74 Å². The molecule has 1 saturated heterocycles. The molecule has 2 rings (SSSR count). The molecule has 0 spiro atoms. The van der Waals surface area contributed by atoms with Crippen LogP contribution in [0, 0.1) is 13.8 Å². The summed E-state index contributed by atoms with van der Waals surface area (Å²) < 4.78 is 5.70. The molecule has 2 unspecified atom stereocenters. The molecule has 3 nitrogen and oxygen atoms in total. The van der Waals surface area contributed by atoms with E-state index >= 15 is 0 Å². The molecule has 1 aromatic rings. The van der Waals surface area contributed by atoms with Gasteiger partial charge in [-0.25, -0.2) is 0 Å². The lowest BCUT2D eigenvalue weighted by Crippen LogP contribution is -2.35. The minimum atomic E-state index is -0.459. The molecule has 1 aliphatic rings. The Kier molecular flexibility index (Phi) is 6.87. The Balaban J connectivity index is 1.63. The van der Waals surface area contributed by atoms with Gasteiger partial charge in [-0.05, 0) is 44.1 Å². The Morgan fingerprint density at radius 3 is 2.95 bits per heavy atom. The first-order valence-corrected chi connectivity index (χ1v) is 8.90. The summed E-state index contributed by atoms with van der Waals surface area (Å²) in [7, 11) is 0. The highest BCUT2D eigenvalue weighted by Gasteiger charge is 2.14. The maximum absolute atomic E-state index is 9.99. The zero-order chi connectivity index (χ0) is 15.1. The second-order valence-electron chi connectivity index (χ2n) is 5.88. The van der Waals surface area contributed by atoms with Crippen molar-refractivity contribution in [3.8, 4) is 5.75 Å². The molecule has 1 aliphatic heterocycles. The van der Waals surface area contributed by atoms with Crippen LogP contribution < -0.4 is 10.1 Å². The van der Waals surface area contributed by atoms with Crippen molar-refractivity contribution in [2.75, 3.05) is 25.4 Å². The molecule has 0 amide bonds. The molecule has 1 fully saturated rings. The molecule has 21 heavy (non-hydrogen) atoms. The number of aryl methyl sites for hydroxylation is 2. The predicted octanol–water partition coefficient (Wildman–Crippen LogP) is 2.92. The van der Waals surface area contributed by atoms with Crippen LogP contribution in [0.25, 0.3) is 0 Å². The van der Waals surface area contributed by atoms with Gasteiger partial charge < -0.3 is 15.2 Å². The number of aliphatic hydroxyl groups is 1. The lowest BCUT2D eigenvalue weighted by molar-refractivity contribution is 0.106. The molecule has 1 heterocycles. The SMILES string of the molecule is Cc1ccc(OCC(O)CNCC2CCCCS2)c(C)c1. The van der Waals surface area contributed by atoms with E-state index in [2.05, 4.69) is 30.1 Å². The molecule has 118 valence electrons. The van der Waals surface area contributed by atoms with E-state index in [-0.39, 0.29) is 0 Å². The average Bonchev–Trinajstić information content (AvgIpc) is 2.47. The van der Waals surface area contributed by atoms with Crippen molar-refractivity contribution in [2.45, 2.75) is 44.5 Å². The van der Waals surface area contributed by atoms with Crippen LogP contribution in [0.1, 0.15) is 30.4 Å². The Labute approximate surface area is 132 Å². The summed E-state index contributed by atoms with van der Waals surface area (Å²) in [6.45, 7) is 6.04. The first kappa shape index (κ1) is 16.7. The number of hydrogen-bond donors (Lipinski definition) is 2. The van der Waals surface area contributed by atoms with Crippen molar-refractivity contribution in [1.82, 2.24) is 5.32 Å². The van der Waals surface area contributed by atoms with Gasteiger partial charge in [0.25, 0.3) is 0 Å². The van der Waals surface area contributed by atoms with Gasteiger partial charge in [-0.15, -0.1) is 0 Å². The molecule has 2 atom stereocenters. The van der Waals surface area contributed by atoms with Crippen molar-refractivity contribution in [3.63, 3.8) is 0 Å². The number of rotatable bonds is 7. The number of aliphatic hydroxyl groups excluding tert-OH is 1. The summed E-state index contributed by atoms with van der Waals surface area (Å²) in [4.78, 5) is 0. The Hall–Kier alpha value is -0.710. The Morgan fingerprint density at radius 1 is 1.38 bits per heavy atom. The first-order valence-electron chi connectivity index (χ1n) is 7.85. The van der Waals surface area contributed by atoms with Crippen molar-refractivity contribution in [3.05, 3.63) is 29.3 Å². The topological polar surface area (TPSA) is 41.5 Å². The Bertz CT molecular complexity index is 433. The molecule has 2 N–H and O–H groups in total. The van der Waals surface area contributed by atoms with Crippen molar-refractivity contribution in [2.24, 2.45) is 0 Å². The third-order valence-electron chi connectivity index (χ3n) is 3.79. The highest BCUT2D eigenvalue weighted by molar-refractivity contribution is 7.99. The van der Waals surface area contributed by atoms with Crippen molar-refractivity contribution in [1.29, 1.82) is 0 Å². The zero-order valence-electron chi connectivity index (χ0n) is 13.1. The predicted molar refractivity (Wildman–Crippen MR) is 90.4 cm³/mol. The summed E-state index contributed by atoms with van der Waals surface area (Å²) in [5.74, 6) is 2.15. The van der Waals surface area contributed by atoms with Gasteiger partial charge in [-0.2, -0.15) is 11.8 Å². The summed E-state index contributed by atoms with van der Waals surface area (Å²) in [6.07, 6.45) is 3.54. The highest BCUT2D eigenvalue weighted by Crippen LogP contribution is 2.24. The van der Waals surface area contributed by atoms with E-state index in [1.807, 2.05) is 19.1 Å². The van der Waals surface area contributed by atoms with Gasteiger partial charge in [-0.3, -0.25) is 0 Å². The molecule has 0 radical (unpaired) electrons. The second kappa shape index (κ2) is 8.66. The number of thioether (sulfide) groups is 1. The van der Waals surface area contributed by atoms with Crippen molar-refractivity contribution >= 4 is 11.8 Å². The fourth-order valence-electron chi connectivity index (χ4n) is 2.59. The number of nitrogens with one attached hydrogen (secondary N) is 1. The molecule has 1 aromatic carbocycles. The molecule has 4 heteroatoms. The first-order chi connectivity index (χ1) is 10.1. The van der Waals surface area contributed by atoms with Crippen LogP contribution in [0.15, 0.2) is 18.2 Å². The molecular formula is C17H27NO2S. The number of ether oxygens (including phenoxy) is 1. The van der Waals surface area contributed by atoms with Crippen LogP contribution in [0.2, 0.25) is 0 Å². The summed E-state index contributed by atoms with van der Waals surface area (Å²) in [5, 5.41) is 14.1. The van der Waals surface area contributed by atoms with Crippen molar-refractivity contribution < 1.29 is 9.84 Å². The van der Waals surface area contributed by atoms with Crippen LogP contribution in [0.3, 0.4) is 0 Å². The highest BCUT2D eigenvalue weighted by atomic mass is 32.2. The minimum absolute atomic E-state index is 0.342. The smallest absolute Gasteiger partial charge is 0.122 e. The molecule has 0 aliphatic carbocycles. The van der Waals surface area contributed by atoms with Gasteiger partial charge >= 0.3 is 0 Å². The quantitative estimate of drug-likeness (QED) is 0.812. The van der Waals surface area contributed by atoms with E-state index in [0.29, 0.717) is 18.4 Å². The van der Waals surface area contributed by atoms with Crippen LogP contribution in [-0.2, 0) is 0 Å². The zero-order valence-corrected chi connectivity index (χ0v) is 13.9. The standard InChI is InChI=1S/C17H27NO2S/c1-13-6-7-17(14(2)9-13)20-12-15(19)10-18-11-16-5-3-4-8-21-16/h6-7,9,15-16,18-19H,3-5,8,10-12H2,1-2H3. The van der Waals surface area contributed by atoms with E-state index in [9.17, 15) is 5.11 Å². The maximum Gasteiger partial charge on any atom is 0.122 e. The third kappa shape index (κ3) is 5.89. The monoisotopic (exact) mass is 309 g/mol. The molecule has 0 aromatic heterocycles. The summed E-state index contributed by atoms with van der Waals surface area (Å²) in [5.41, 5.74) is 2.35. The summed E-state index contributed by atoms with van der Waals surface area (Å²) >= 11 is 2.05. The van der Waals surface area contributed by atoms with Gasteiger partial charge in [0.15, 0.2) is 0 Å². The summed E-state index contributed by atoms with van der Waals surface area (Å²) in [6, 6.07) is 6.11. The molecule has 0 bridgehead atoms. The number of benzene rings is 1. The van der Waals surface area contributed by atoms with E-state index < -0.39 is 6.10 Å². The fourth-order valence-corrected chi connectivity index (χ4v) is 3.86. The largest absolute Gasteiger partial charge is 0.491 e. The normalized spacial score (nSPS) is 20.2. The average molecular weight is 309 g/mol. The van der Waals surface area contributed by atoms with Gasteiger partial charge in [0, 0.05) is 18.3 Å². The molecular weight excluding hydrogens is 282 g/mol. The van der Waals surface area contributed by atoms with Crippen LogP contribution in [0.4, 0.5) is 0 Å². The second-order valence-corrected chi connectivity index (χ2v) is 7.29. The maximum atomic E-state index is 9.99. The lowest BCUT2D eigenvalue weighted by Gasteiger charge is -2.22. The van der Waals surface area contributed by atoms with Gasteiger partial charge in [-0.1, -0.05) is 24.1 Å². The van der Waals surface area contributed by atoms with Gasteiger partial charge in [0.2, 0.25) is 0 Å². The number of hydrogen-bond acceptors (Lipinski definition) is 4. The Morgan fingerprint density at radius 2 is 2.24 bits per heavy atom. The van der Waals surface area contributed by atoms with E-state index in [1.54, 1.807) is 0 Å². The van der Waals surface area contributed by atoms with E-state index in [1.165, 1.54) is 30.6 Å². The third-order valence-corrected chi connectivity index (χ3v) is 5.19. The van der Waals surface area contributed by atoms with Gasteiger partial charge in [0.05, 0.1) is 0 Å². The van der Waals surface area contributed by atoms with Crippen LogP contribution >= 0.6 is 11.8 Å². The van der Waals surface area contributed by atoms with Crippen LogP contribution in [0.5, 0.6) is 5.75 Å². The van der Waals surface area contributed by atoms with Crippen LogP contribution in [-0.4, -0.2) is 41.9 Å². The van der Waals surface area contributed by atoms with Gasteiger partial charge in [0.1, 0.15) is 18.5 Å². The fraction of sp³-hybridized carbons (Fsp3) is 0.647. The lowest BCUT2D eigenvalue weighted by atomic mass is 10.1. The van der Waals surface area contributed by atoms with E-state index in [0.717, 1.165) is 17.9 Å². The minimum Gasteiger partial charge on any atom is -0.491 e. The molecule has 0 saturated carbocycles.